The van der Waals surface area contributed by atoms with E-state index < -0.39 is 30.3 Å². The average Bonchev–Trinajstić information content (AvgIpc) is 3.17. The Bertz CT molecular complexity index is 995. The first-order valence-electron chi connectivity index (χ1n) is 10.6. The Morgan fingerprint density at radius 3 is 2.90 bits per heavy atom. The third-order valence-electron chi connectivity index (χ3n) is 6.72. The Balaban J connectivity index is 1.13. The summed E-state index contributed by atoms with van der Waals surface area (Å²) in [5.41, 5.74) is 5.74. The van der Waals surface area contributed by atoms with Gasteiger partial charge in [0.25, 0.3) is 0 Å². The number of nitrogens with zero attached hydrogens (tertiary/aromatic N) is 3. The lowest BCUT2D eigenvalue weighted by molar-refractivity contribution is -0.209. The van der Waals surface area contributed by atoms with Gasteiger partial charge >= 0.3 is 0 Å². The molecule has 0 spiro atoms. The topological polar surface area (TPSA) is 98.2 Å². The molecular formula is C21H26BrF2N5O2. The van der Waals surface area contributed by atoms with E-state index in [1.54, 1.807) is 16.8 Å². The van der Waals surface area contributed by atoms with Crippen molar-refractivity contribution in [2.45, 2.75) is 62.4 Å². The molecule has 2 aromatic heterocycles. The minimum absolute atomic E-state index is 0.210. The van der Waals surface area contributed by atoms with Crippen molar-refractivity contribution in [1.29, 1.82) is 0 Å². The standard InChI is InChI=1S/C21H26BrF2N5O2/c22-12-6-29(18-14(12)17(25)27-11-28-18)19-16(30)15(23)13(31-19)4-2-1-3-5-26-10-20-7-21(24,8-20)9-20/h2,4,6,11,13,15-16,19,26,30H,1,3,5,7-10H2,(H2,25,27,28)/b4-2+/t13-,15+,16-,19-,20?,21?/m1/s1. The fourth-order valence-corrected chi connectivity index (χ4v) is 5.88. The van der Waals surface area contributed by atoms with E-state index in [9.17, 15) is 13.9 Å². The Kier molecular flexibility index (Phi) is 5.31. The summed E-state index contributed by atoms with van der Waals surface area (Å²) < 4.78 is 36.3. The molecule has 168 valence electrons. The summed E-state index contributed by atoms with van der Waals surface area (Å²) in [4.78, 5) is 8.18. The van der Waals surface area contributed by atoms with Gasteiger partial charge in [-0.05, 0) is 60.0 Å². The smallest absolute Gasteiger partial charge is 0.165 e. The van der Waals surface area contributed by atoms with Crippen molar-refractivity contribution in [2.75, 3.05) is 18.8 Å². The minimum Gasteiger partial charge on any atom is -0.385 e. The van der Waals surface area contributed by atoms with E-state index in [4.69, 9.17) is 10.5 Å². The zero-order chi connectivity index (χ0) is 21.8. The molecule has 2 bridgehead atoms. The van der Waals surface area contributed by atoms with Gasteiger partial charge in [-0.1, -0.05) is 12.2 Å². The molecule has 2 aromatic rings. The van der Waals surface area contributed by atoms with Gasteiger partial charge in [-0.2, -0.15) is 0 Å². The lowest BCUT2D eigenvalue weighted by Crippen LogP contribution is -2.67. The van der Waals surface area contributed by atoms with E-state index in [1.807, 2.05) is 6.08 Å². The molecule has 1 saturated heterocycles. The molecule has 0 amide bonds. The first kappa shape index (κ1) is 21.2. The predicted octanol–water partition coefficient (Wildman–Crippen LogP) is 3.19. The molecule has 6 rings (SSSR count). The number of aliphatic hydroxyl groups excluding tert-OH is 1. The van der Waals surface area contributed by atoms with Crippen LogP contribution in [0.25, 0.3) is 11.0 Å². The van der Waals surface area contributed by atoms with Gasteiger partial charge in [0.1, 0.15) is 35.7 Å². The fourth-order valence-electron chi connectivity index (χ4n) is 5.28. The highest BCUT2D eigenvalue weighted by molar-refractivity contribution is 9.10. The summed E-state index contributed by atoms with van der Waals surface area (Å²) in [7, 11) is 0. The fraction of sp³-hybridized carbons (Fsp3) is 0.619. The second-order valence-corrected chi connectivity index (χ2v) is 10.1. The Morgan fingerprint density at radius 2 is 2.16 bits per heavy atom. The van der Waals surface area contributed by atoms with Gasteiger partial charge in [0.05, 0.1) is 5.39 Å². The maximum Gasteiger partial charge on any atom is 0.165 e. The molecule has 4 N–H and O–H groups in total. The molecule has 0 aromatic carbocycles. The first-order chi connectivity index (χ1) is 14.8. The Morgan fingerprint density at radius 1 is 1.39 bits per heavy atom. The lowest BCUT2D eigenvalue weighted by Gasteiger charge is -2.66. The molecule has 4 fully saturated rings. The van der Waals surface area contributed by atoms with Crippen LogP contribution in [-0.2, 0) is 4.74 Å². The van der Waals surface area contributed by atoms with E-state index in [0.29, 0.717) is 40.6 Å². The number of alkyl halides is 2. The number of anilines is 1. The zero-order valence-electron chi connectivity index (χ0n) is 17.0. The molecule has 3 saturated carbocycles. The zero-order valence-corrected chi connectivity index (χ0v) is 18.6. The number of hydrogen-bond acceptors (Lipinski definition) is 6. The summed E-state index contributed by atoms with van der Waals surface area (Å²) in [5.74, 6) is 0.295. The first-order valence-corrected chi connectivity index (χ1v) is 11.4. The Hall–Kier alpha value is -1.62. The normalized spacial score (nSPS) is 36.8. The number of nitrogens with one attached hydrogen (secondary N) is 1. The van der Waals surface area contributed by atoms with Crippen molar-refractivity contribution >= 4 is 32.8 Å². The summed E-state index contributed by atoms with van der Waals surface area (Å²) in [5, 5.41) is 14.4. The van der Waals surface area contributed by atoms with Crippen LogP contribution in [0.3, 0.4) is 0 Å². The van der Waals surface area contributed by atoms with Crippen LogP contribution in [0.4, 0.5) is 14.6 Å². The summed E-state index contributed by atoms with van der Waals surface area (Å²) in [6.07, 6.45) is 5.70. The number of nitrogen functional groups attached to an aromatic ring is 1. The maximum atomic E-state index is 14.7. The quantitative estimate of drug-likeness (QED) is 0.382. The van der Waals surface area contributed by atoms with Crippen molar-refractivity contribution in [3.8, 4) is 0 Å². The second-order valence-electron chi connectivity index (χ2n) is 9.20. The molecular weight excluding hydrogens is 472 g/mol. The van der Waals surface area contributed by atoms with Crippen LogP contribution in [-0.4, -0.2) is 56.8 Å². The lowest BCUT2D eigenvalue weighted by atomic mass is 9.42. The van der Waals surface area contributed by atoms with E-state index >= 15 is 0 Å². The number of rotatable bonds is 8. The molecule has 31 heavy (non-hydrogen) atoms. The van der Waals surface area contributed by atoms with Crippen molar-refractivity contribution in [3.63, 3.8) is 0 Å². The summed E-state index contributed by atoms with van der Waals surface area (Å²) in [6, 6.07) is 0. The molecule has 3 heterocycles. The van der Waals surface area contributed by atoms with Gasteiger partial charge in [0, 0.05) is 17.2 Å². The van der Waals surface area contributed by atoms with E-state index in [0.717, 1.165) is 25.9 Å². The third-order valence-corrected chi connectivity index (χ3v) is 7.32. The van der Waals surface area contributed by atoms with Gasteiger partial charge < -0.3 is 25.5 Å². The molecule has 10 heteroatoms. The van der Waals surface area contributed by atoms with Gasteiger partial charge in [0.2, 0.25) is 0 Å². The minimum atomic E-state index is -1.55. The van der Waals surface area contributed by atoms with E-state index in [2.05, 4.69) is 31.2 Å². The van der Waals surface area contributed by atoms with Gasteiger partial charge in [0.15, 0.2) is 12.4 Å². The third kappa shape index (κ3) is 3.67. The SMILES string of the molecule is Nc1ncnc2c1c(Br)cn2[C@@H]1O[C@H](/C=C/CCCNCC23CC(F)(C2)C3)[C@H](F)[C@H]1O. The van der Waals surface area contributed by atoms with Crippen LogP contribution >= 0.6 is 15.9 Å². The number of allylic oxidation sites excluding steroid dienone is 1. The highest BCUT2D eigenvalue weighted by Crippen LogP contribution is 2.69. The van der Waals surface area contributed by atoms with Crippen molar-refractivity contribution in [3.05, 3.63) is 29.1 Å². The Labute approximate surface area is 187 Å². The van der Waals surface area contributed by atoms with Crippen LogP contribution in [0.2, 0.25) is 0 Å². The number of aliphatic hydroxyl groups is 1. The van der Waals surface area contributed by atoms with Crippen LogP contribution < -0.4 is 11.1 Å². The second kappa shape index (κ2) is 7.75. The number of aromatic nitrogens is 3. The summed E-state index contributed by atoms with van der Waals surface area (Å²) in [6.45, 7) is 1.72. The van der Waals surface area contributed by atoms with Crippen molar-refractivity contribution < 1.29 is 18.6 Å². The van der Waals surface area contributed by atoms with E-state index in [1.165, 1.54) is 6.33 Å². The maximum absolute atomic E-state index is 14.7. The van der Waals surface area contributed by atoms with E-state index in [-0.39, 0.29) is 5.41 Å². The molecule has 7 nitrogen and oxygen atoms in total. The molecule has 1 aliphatic heterocycles. The number of halogens is 3. The number of unbranched alkanes of at least 4 members (excludes halogenated alkanes) is 1. The molecule has 4 aliphatic rings. The number of fused-ring (bicyclic) bond motifs is 1. The van der Waals surface area contributed by atoms with Gasteiger partial charge in [-0.25, -0.2) is 18.7 Å². The van der Waals surface area contributed by atoms with Crippen molar-refractivity contribution in [2.24, 2.45) is 5.41 Å². The average molecular weight is 498 g/mol. The van der Waals surface area contributed by atoms with Crippen LogP contribution in [0.5, 0.6) is 0 Å². The van der Waals surface area contributed by atoms with Gasteiger partial charge in [-0.15, -0.1) is 0 Å². The number of ether oxygens (including phenoxy) is 1. The summed E-state index contributed by atoms with van der Waals surface area (Å²) >= 11 is 3.41. The van der Waals surface area contributed by atoms with Crippen LogP contribution in [0, 0.1) is 5.41 Å². The number of hydrogen-bond donors (Lipinski definition) is 3. The molecule has 0 unspecified atom stereocenters. The molecule has 0 radical (unpaired) electrons. The van der Waals surface area contributed by atoms with Gasteiger partial charge in [-0.3, -0.25) is 0 Å². The monoisotopic (exact) mass is 497 g/mol. The molecule has 4 atom stereocenters. The van der Waals surface area contributed by atoms with Crippen LogP contribution in [0.1, 0.15) is 38.3 Å². The van der Waals surface area contributed by atoms with Crippen LogP contribution in [0.15, 0.2) is 29.1 Å². The molecule has 3 aliphatic carbocycles. The number of nitrogens with two attached hydrogens (primary N) is 1. The highest BCUT2D eigenvalue weighted by atomic mass is 79.9. The highest BCUT2D eigenvalue weighted by Gasteiger charge is 2.68. The predicted molar refractivity (Wildman–Crippen MR) is 116 cm³/mol. The largest absolute Gasteiger partial charge is 0.385 e. The van der Waals surface area contributed by atoms with Crippen molar-refractivity contribution in [1.82, 2.24) is 19.9 Å².